The zero-order chi connectivity index (χ0) is 16.1. The van der Waals surface area contributed by atoms with Gasteiger partial charge in [0.1, 0.15) is 11.9 Å². The minimum absolute atomic E-state index is 0.00226. The van der Waals surface area contributed by atoms with Gasteiger partial charge in [-0.2, -0.15) is 0 Å². The fourth-order valence-corrected chi connectivity index (χ4v) is 3.51. The molecule has 2 N–H and O–H groups in total. The summed E-state index contributed by atoms with van der Waals surface area (Å²) in [4.78, 5) is 18.5. The number of urea groups is 1. The van der Waals surface area contributed by atoms with Gasteiger partial charge in [-0.3, -0.25) is 5.32 Å². The van der Waals surface area contributed by atoms with E-state index in [1.807, 2.05) is 10.3 Å². The van der Waals surface area contributed by atoms with Gasteiger partial charge in [0.15, 0.2) is 5.13 Å². The van der Waals surface area contributed by atoms with E-state index in [9.17, 15) is 9.90 Å². The van der Waals surface area contributed by atoms with Gasteiger partial charge in [0.25, 0.3) is 0 Å². The molecule has 0 aliphatic carbocycles. The average molecular weight is 335 g/mol. The van der Waals surface area contributed by atoms with E-state index in [4.69, 9.17) is 4.42 Å². The topological polar surface area (TPSA) is 78.6 Å². The third-order valence-electron chi connectivity index (χ3n) is 4.15. The predicted octanol–water partition coefficient (Wildman–Crippen LogP) is 3.64. The SMILES string of the molecule is O=C(Nc1nccs1)N1CCCCC[C@H]1C[C@@H](O)c1ccco1. The molecule has 23 heavy (non-hydrogen) atoms. The number of hydrogen-bond acceptors (Lipinski definition) is 5. The smallest absolute Gasteiger partial charge is 0.323 e. The van der Waals surface area contributed by atoms with Crippen LogP contribution in [0, 0.1) is 0 Å². The van der Waals surface area contributed by atoms with E-state index in [0.717, 1.165) is 25.7 Å². The fourth-order valence-electron chi connectivity index (χ4n) is 2.99. The van der Waals surface area contributed by atoms with Crippen molar-refractivity contribution in [2.45, 2.75) is 44.2 Å². The van der Waals surface area contributed by atoms with Crippen molar-refractivity contribution in [3.8, 4) is 0 Å². The van der Waals surface area contributed by atoms with Crippen LogP contribution in [-0.4, -0.2) is 33.6 Å². The van der Waals surface area contributed by atoms with Gasteiger partial charge in [0, 0.05) is 30.6 Å². The number of hydrogen-bond donors (Lipinski definition) is 2. The number of anilines is 1. The lowest BCUT2D eigenvalue weighted by Crippen LogP contribution is -2.43. The lowest BCUT2D eigenvalue weighted by Gasteiger charge is -2.31. The summed E-state index contributed by atoms with van der Waals surface area (Å²) in [6.07, 6.45) is 7.06. The molecule has 0 spiro atoms. The Balaban J connectivity index is 1.68. The Morgan fingerprint density at radius 2 is 2.43 bits per heavy atom. The molecular formula is C16H21N3O3S. The second kappa shape index (κ2) is 7.61. The number of carbonyl (C=O) groups is 1. The van der Waals surface area contributed by atoms with Crippen molar-refractivity contribution in [2.24, 2.45) is 0 Å². The van der Waals surface area contributed by atoms with Crippen LogP contribution in [0.2, 0.25) is 0 Å². The summed E-state index contributed by atoms with van der Waals surface area (Å²) in [5, 5.41) is 15.6. The highest BCUT2D eigenvalue weighted by Crippen LogP contribution is 2.27. The summed E-state index contributed by atoms with van der Waals surface area (Å²) >= 11 is 1.40. The van der Waals surface area contributed by atoms with Gasteiger partial charge in [0.2, 0.25) is 0 Å². The first-order chi connectivity index (χ1) is 11.2. The first-order valence-electron chi connectivity index (χ1n) is 7.92. The summed E-state index contributed by atoms with van der Waals surface area (Å²) in [5.41, 5.74) is 0. The molecule has 3 rings (SSSR count). The molecule has 0 aromatic carbocycles. The van der Waals surface area contributed by atoms with Crippen molar-refractivity contribution in [1.82, 2.24) is 9.88 Å². The quantitative estimate of drug-likeness (QED) is 0.894. The van der Waals surface area contributed by atoms with Crippen LogP contribution >= 0.6 is 11.3 Å². The van der Waals surface area contributed by atoms with Gasteiger partial charge < -0.3 is 14.4 Å². The molecule has 124 valence electrons. The highest BCUT2D eigenvalue weighted by molar-refractivity contribution is 7.13. The lowest BCUT2D eigenvalue weighted by atomic mass is 10.0. The standard InChI is InChI=1S/C16H21N3O3S/c20-13(14-6-4-9-22-14)11-12-5-2-1-3-8-19(12)16(21)18-15-17-7-10-23-15/h4,6-7,9-10,12-13,20H,1-3,5,8,11H2,(H,17,18,21)/t12-,13+/m0/s1. The lowest BCUT2D eigenvalue weighted by molar-refractivity contribution is 0.0987. The Morgan fingerprint density at radius 3 is 3.17 bits per heavy atom. The van der Waals surface area contributed by atoms with E-state index < -0.39 is 6.10 Å². The number of nitrogens with one attached hydrogen (secondary N) is 1. The van der Waals surface area contributed by atoms with Crippen molar-refractivity contribution in [3.63, 3.8) is 0 Å². The van der Waals surface area contributed by atoms with Crippen molar-refractivity contribution < 1.29 is 14.3 Å². The molecule has 2 amide bonds. The molecule has 1 saturated heterocycles. The second-order valence-corrected chi connectivity index (χ2v) is 6.63. The zero-order valence-corrected chi connectivity index (χ0v) is 13.7. The van der Waals surface area contributed by atoms with Gasteiger partial charge in [-0.25, -0.2) is 9.78 Å². The van der Waals surface area contributed by atoms with E-state index in [-0.39, 0.29) is 12.1 Å². The molecule has 0 unspecified atom stereocenters. The average Bonchev–Trinajstić information content (AvgIpc) is 3.19. The highest BCUT2D eigenvalue weighted by atomic mass is 32.1. The zero-order valence-electron chi connectivity index (χ0n) is 12.9. The first kappa shape index (κ1) is 16.0. The Labute approximate surface area is 139 Å². The van der Waals surface area contributed by atoms with Crippen LogP contribution in [-0.2, 0) is 0 Å². The molecule has 6 nitrogen and oxygen atoms in total. The van der Waals surface area contributed by atoms with E-state index in [1.165, 1.54) is 11.3 Å². The molecule has 1 aliphatic rings. The van der Waals surface area contributed by atoms with E-state index >= 15 is 0 Å². The number of rotatable bonds is 4. The third-order valence-corrected chi connectivity index (χ3v) is 4.84. The second-order valence-electron chi connectivity index (χ2n) is 5.73. The van der Waals surface area contributed by atoms with E-state index in [1.54, 1.807) is 24.6 Å². The number of carbonyl (C=O) groups excluding carboxylic acids is 1. The van der Waals surface area contributed by atoms with Gasteiger partial charge in [-0.15, -0.1) is 11.3 Å². The molecule has 0 radical (unpaired) electrons. The monoisotopic (exact) mass is 335 g/mol. The minimum atomic E-state index is -0.691. The number of aliphatic hydroxyl groups excluding tert-OH is 1. The molecule has 1 fully saturated rings. The molecule has 2 atom stereocenters. The minimum Gasteiger partial charge on any atom is -0.467 e. The Bertz CT molecular complexity index is 600. The van der Waals surface area contributed by atoms with Gasteiger partial charge in [-0.05, 0) is 25.0 Å². The number of aliphatic hydroxyl groups is 1. The number of furan rings is 1. The highest BCUT2D eigenvalue weighted by Gasteiger charge is 2.28. The predicted molar refractivity (Wildman–Crippen MR) is 88.4 cm³/mol. The maximum atomic E-state index is 12.6. The third kappa shape index (κ3) is 4.11. The van der Waals surface area contributed by atoms with Crippen LogP contribution in [0.15, 0.2) is 34.4 Å². The molecule has 0 bridgehead atoms. The van der Waals surface area contributed by atoms with E-state index in [2.05, 4.69) is 10.3 Å². The fraction of sp³-hybridized carbons (Fsp3) is 0.500. The van der Waals surface area contributed by atoms with Gasteiger partial charge >= 0.3 is 6.03 Å². The van der Waals surface area contributed by atoms with Gasteiger partial charge in [-0.1, -0.05) is 12.8 Å². The molecule has 7 heteroatoms. The molecule has 0 saturated carbocycles. The normalized spacial score (nSPS) is 20.0. The summed E-state index contributed by atoms with van der Waals surface area (Å²) < 4.78 is 5.27. The van der Waals surface area contributed by atoms with Crippen molar-refractivity contribution >= 4 is 22.5 Å². The molecule has 1 aliphatic heterocycles. The maximum absolute atomic E-state index is 12.6. The number of amides is 2. The Hall–Kier alpha value is -1.86. The summed E-state index contributed by atoms with van der Waals surface area (Å²) in [5.74, 6) is 0.550. The van der Waals surface area contributed by atoms with Crippen LogP contribution in [0.25, 0.3) is 0 Å². The van der Waals surface area contributed by atoms with Crippen LogP contribution in [0.3, 0.4) is 0 Å². The van der Waals surface area contributed by atoms with Crippen LogP contribution in [0.5, 0.6) is 0 Å². The van der Waals surface area contributed by atoms with Crippen molar-refractivity contribution in [1.29, 1.82) is 0 Å². The summed E-state index contributed by atoms with van der Waals surface area (Å²) in [6.45, 7) is 0.701. The van der Waals surface area contributed by atoms with Crippen LogP contribution in [0.1, 0.15) is 44.0 Å². The number of likely N-dealkylation sites (tertiary alicyclic amines) is 1. The Morgan fingerprint density at radius 1 is 1.52 bits per heavy atom. The molecule has 2 aromatic heterocycles. The number of nitrogens with zero attached hydrogens (tertiary/aromatic N) is 2. The first-order valence-corrected chi connectivity index (χ1v) is 8.80. The van der Waals surface area contributed by atoms with Crippen molar-refractivity contribution in [3.05, 3.63) is 35.7 Å². The number of aromatic nitrogens is 1. The van der Waals surface area contributed by atoms with Crippen LogP contribution < -0.4 is 5.32 Å². The van der Waals surface area contributed by atoms with Crippen molar-refractivity contribution in [2.75, 3.05) is 11.9 Å². The molecular weight excluding hydrogens is 314 g/mol. The summed E-state index contributed by atoms with van der Waals surface area (Å²) in [7, 11) is 0. The maximum Gasteiger partial charge on any atom is 0.323 e. The number of thiazole rings is 1. The molecule has 2 aromatic rings. The summed E-state index contributed by atoms with van der Waals surface area (Å²) in [6, 6.07) is 3.39. The van der Waals surface area contributed by atoms with Crippen LogP contribution in [0.4, 0.5) is 9.93 Å². The largest absolute Gasteiger partial charge is 0.467 e. The molecule has 3 heterocycles. The Kier molecular flexibility index (Phi) is 5.30. The van der Waals surface area contributed by atoms with Gasteiger partial charge in [0.05, 0.1) is 6.26 Å². The van der Waals surface area contributed by atoms with E-state index in [0.29, 0.717) is 23.9 Å².